The van der Waals surface area contributed by atoms with Crippen molar-refractivity contribution < 1.29 is 18.8 Å². The van der Waals surface area contributed by atoms with Crippen LogP contribution in [-0.2, 0) is 14.3 Å². The molecule has 0 saturated carbocycles. The van der Waals surface area contributed by atoms with Gasteiger partial charge in [0.05, 0.1) is 12.7 Å². The first-order valence-electron chi connectivity index (χ1n) is 6.48. The number of amides is 1. The summed E-state index contributed by atoms with van der Waals surface area (Å²) in [6, 6.07) is 0.106. The molecule has 0 aliphatic carbocycles. The highest BCUT2D eigenvalue weighted by molar-refractivity contribution is 5.89. The van der Waals surface area contributed by atoms with Gasteiger partial charge in [0.15, 0.2) is 5.82 Å². The van der Waals surface area contributed by atoms with Crippen molar-refractivity contribution in [2.24, 2.45) is 0 Å². The molecule has 1 saturated heterocycles. The molecule has 19 heavy (non-hydrogen) atoms. The Labute approximate surface area is 111 Å². The number of hydrogen-bond donors (Lipinski definition) is 1. The molecule has 1 aromatic heterocycles. The standard InChI is InChI=1S/C12H19N3O4/c1-8(2)11-14-12(19-15-11)13-10(16)7-17-6-9-4-3-5-18-9/h8-9H,3-7H2,1-2H3,(H,13,14,15,16). The number of hydrogen-bond acceptors (Lipinski definition) is 6. The Morgan fingerprint density at radius 2 is 2.42 bits per heavy atom. The van der Waals surface area contributed by atoms with E-state index in [9.17, 15) is 4.79 Å². The maximum Gasteiger partial charge on any atom is 0.328 e. The Morgan fingerprint density at radius 3 is 3.05 bits per heavy atom. The Morgan fingerprint density at radius 1 is 1.58 bits per heavy atom. The van der Waals surface area contributed by atoms with E-state index in [0.29, 0.717) is 12.4 Å². The summed E-state index contributed by atoms with van der Waals surface area (Å²) in [5.41, 5.74) is 0. The number of nitrogens with zero attached hydrogens (tertiary/aromatic N) is 2. The summed E-state index contributed by atoms with van der Waals surface area (Å²) in [6.45, 7) is 5.07. The zero-order valence-corrected chi connectivity index (χ0v) is 11.2. The van der Waals surface area contributed by atoms with Crippen molar-refractivity contribution >= 4 is 11.9 Å². The topological polar surface area (TPSA) is 86.5 Å². The summed E-state index contributed by atoms with van der Waals surface area (Å²) in [5.74, 6) is 0.415. The molecule has 2 heterocycles. The molecule has 106 valence electrons. The highest BCUT2D eigenvalue weighted by Crippen LogP contribution is 2.13. The van der Waals surface area contributed by atoms with Gasteiger partial charge in [-0.1, -0.05) is 19.0 Å². The van der Waals surface area contributed by atoms with Gasteiger partial charge in [0.1, 0.15) is 6.61 Å². The number of carbonyl (C=O) groups excluding carboxylic acids is 1. The quantitative estimate of drug-likeness (QED) is 0.838. The third kappa shape index (κ3) is 4.29. The molecule has 0 radical (unpaired) electrons. The van der Waals surface area contributed by atoms with E-state index in [1.165, 1.54) is 0 Å². The Hall–Kier alpha value is -1.47. The van der Waals surface area contributed by atoms with E-state index in [0.717, 1.165) is 19.4 Å². The molecular formula is C12H19N3O4. The lowest BCUT2D eigenvalue weighted by atomic mass is 10.2. The normalized spacial score (nSPS) is 19.0. The SMILES string of the molecule is CC(C)c1noc(NC(=O)COCC2CCCO2)n1. The van der Waals surface area contributed by atoms with Gasteiger partial charge >= 0.3 is 6.01 Å². The average molecular weight is 269 g/mol. The van der Waals surface area contributed by atoms with Gasteiger partial charge in [-0.2, -0.15) is 4.98 Å². The molecule has 7 nitrogen and oxygen atoms in total. The van der Waals surface area contributed by atoms with E-state index in [2.05, 4.69) is 15.5 Å². The second-order valence-electron chi connectivity index (χ2n) is 4.81. The minimum absolute atomic E-state index is 0.0424. The van der Waals surface area contributed by atoms with Crippen molar-refractivity contribution in [2.45, 2.75) is 38.7 Å². The predicted molar refractivity (Wildman–Crippen MR) is 66.8 cm³/mol. The first-order valence-corrected chi connectivity index (χ1v) is 6.48. The molecule has 0 aromatic carbocycles. The molecule has 1 aliphatic rings. The van der Waals surface area contributed by atoms with E-state index >= 15 is 0 Å². The van der Waals surface area contributed by atoms with Crippen LogP contribution < -0.4 is 5.32 Å². The van der Waals surface area contributed by atoms with Gasteiger partial charge in [0, 0.05) is 12.5 Å². The van der Waals surface area contributed by atoms with Crippen LogP contribution in [0.5, 0.6) is 0 Å². The molecule has 1 unspecified atom stereocenters. The molecule has 7 heteroatoms. The molecule has 1 aliphatic heterocycles. The van der Waals surface area contributed by atoms with Gasteiger partial charge in [0.25, 0.3) is 5.91 Å². The summed E-state index contributed by atoms with van der Waals surface area (Å²) in [7, 11) is 0. The summed E-state index contributed by atoms with van der Waals surface area (Å²) in [5, 5.41) is 6.25. The lowest BCUT2D eigenvalue weighted by Gasteiger charge is -2.09. The maximum absolute atomic E-state index is 11.6. The van der Waals surface area contributed by atoms with Crippen molar-refractivity contribution in [1.29, 1.82) is 0 Å². The van der Waals surface area contributed by atoms with Crippen LogP contribution in [0.4, 0.5) is 6.01 Å². The lowest BCUT2D eigenvalue weighted by Crippen LogP contribution is -2.22. The van der Waals surface area contributed by atoms with Crippen LogP contribution in [0.3, 0.4) is 0 Å². The molecule has 1 aromatic rings. The third-order valence-corrected chi connectivity index (χ3v) is 2.77. The van der Waals surface area contributed by atoms with Gasteiger partial charge in [-0.3, -0.25) is 10.1 Å². The molecule has 1 N–H and O–H groups in total. The zero-order chi connectivity index (χ0) is 13.7. The highest BCUT2D eigenvalue weighted by atomic mass is 16.5. The number of ether oxygens (including phenoxy) is 2. The first kappa shape index (κ1) is 14.0. The lowest BCUT2D eigenvalue weighted by molar-refractivity contribution is -0.121. The largest absolute Gasteiger partial charge is 0.376 e. The number of nitrogens with one attached hydrogen (secondary N) is 1. The fraction of sp³-hybridized carbons (Fsp3) is 0.750. The Bertz CT molecular complexity index is 413. The fourth-order valence-corrected chi connectivity index (χ4v) is 1.73. The number of aromatic nitrogens is 2. The Balaban J connectivity index is 1.68. The van der Waals surface area contributed by atoms with Crippen molar-refractivity contribution in [3.8, 4) is 0 Å². The monoisotopic (exact) mass is 269 g/mol. The minimum Gasteiger partial charge on any atom is -0.376 e. The number of carbonyl (C=O) groups is 1. The maximum atomic E-state index is 11.6. The molecule has 1 fully saturated rings. The van der Waals surface area contributed by atoms with Crippen LogP contribution in [0.2, 0.25) is 0 Å². The van der Waals surface area contributed by atoms with Gasteiger partial charge in [-0.05, 0) is 12.8 Å². The van der Waals surface area contributed by atoms with Gasteiger partial charge in [-0.15, -0.1) is 0 Å². The van der Waals surface area contributed by atoms with Crippen LogP contribution in [0.15, 0.2) is 4.52 Å². The highest BCUT2D eigenvalue weighted by Gasteiger charge is 2.17. The van der Waals surface area contributed by atoms with Crippen LogP contribution in [0.25, 0.3) is 0 Å². The van der Waals surface area contributed by atoms with Crippen molar-refractivity contribution in [3.05, 3.63) is 5.82 Å². The zero-order valence-electron chi connectivity index (χ0n) is 11.2. The average Bonchev–Trinajstić information content (AvgIpc) is 3.00. The van der Waals surface area contributed by atoms with Crippen LogP contribution in [0.1, 0.15) is 38.4 Å². The molecule has 1 amide bonds. The summed E-state index contributed by atoms with van der Waals surface area (Å²) >= 11 is 0. The van der Waals surface area contributed by atoms with Crippen molar-refractivity contribution in [1.82, 2.24) is 10.1 Å². The second-order valence-corrected chi connectivity index (χ2v) is 4.81. The molecular weight excluding hydrogens is 250 g/mol. The molecule has 0 spiro atoms. The van der Waals surface area contributed by atoms with E-state index in [1.54, 1.807) is 0 Å². The third-order valence-electron chi connectivity index (χ3n) is 2.77. The fourth-order valence-electron chi connectivity index (χ4n) is 1.73. The minimum atomic E-state index is -0.308. The Kier molecular flexibility index (Phi) is 4.86. The van der Waals surface area contributed by atoms with Crippen molar-refractivity contribution in [3.63, 3.8) is 0 Å². The van der Waals surface area contributed by atoms with E-state index < -0.39 is 0 Å². The van der Waals surface area contributed by atoms with Gasteiger partial charge in [-0.25, -0.2) is 0 Å². The van der Waals surface area contributed by atoms with E-state index in [4.69, 9.17) is 14.0 Å². The molecule has 1 atom stereocenters. The molecule has 0 bridgehead atoms. The van der Waals surface area contributed by atoms with Crippen LogP contribution in [0, 0.1) is 0 Å². The number of anilines is 1. The predicted octanol–water partition coefficient (Wildman–Crippen LogP) is 1.33. The van der Waals surface area contributed by atoms with Gasteiger partial charge < -0.3 is 14.0 Å². The molecule has 2 rings (SSSR count). The van der Waals surface area contributed by atoms with Crippen LogP contribution >= 0.6 is 0 Å². The first-order chi connectivity index (χ1) is 9.15. The summed E-state index contributed by atoms with van der Waals surface area (Å²) in [6.07, 6.45) is 2.16. The van der Waals surface area contributed by atoms with Gasteiger partial charge in [0.2, 0.25) is 0 Å². The van der Waals surface area contributed by atoms with E-state index in [-0.39, 0.29) is 30.6 Å². The van der Waals surface area contributed by atoms with Crippen molar-refractivity contribution in [2.75, 3.05) is 25.1 Å². The second kappa shape index (κ2) is 6.63. The summed E-state index contributed by atoms with van der Waals surface area (Å²) < 4.78 is 15.6. The number of rotatable bonds is 6. The summed E-state index contributed by atoms with van der Waals surface area (Å²) in [4.78, 5) is 15.6. The smallest absolute Gasteiger partial charge is 0.328 e. The van der Waals surface area contributed by atoms with Crippen LogP contribution in [-0.4, -0.2) is 42.0 Å². The van der Waals surface area contributed by atoms with E-state index in [1.807, 2.05) is 13.8 Å².